The number of amides is 1. The van der Waals surface area contributed by atoms with Crippen molar-refractivity contribution in [1.82, 2.24) is 0 Å². The molecule has 0 bridgehead atoms. The average Bonchev–Trinajstić information content (AvgIpc) is 2.72. The van der Waals surface area contributed by atoms with E-state index >= 15 is 0 Å². The third-order valence-corrected chi connectivity index (χ3v) is 4.53. The van der Waals surface area contributed by atoms with Crippen molar-refractivity contribution in [3.05, 3.63) is 53.1 Å². The molecule has 0 saturated carbocycles. The van der Waals surface area contributed by atoms with Crippen molar-refractivity contribution >= 4 is 17.6 Å². The number of para-hydroxylation sites is 1. The predicted octanol–water partition coefficient (Wildman–Crippen LogP) is 4.01. The topological polar surface area (TPSA) is 73.9 Å². The van der Waals surface area contributed by atoms with E-state index in [0.717, 1.165) is 29.7 Å². The van der Waals surface area contributed by atoms with E-state index in [4.69, 9.17) is 14.2 Å². The minimum absolute atomic E-state index is 0.148. The summed E-state index contributed by atoms with van der Waals surface area (Å²) in [5.41, 5.74) is 3.01. The van der Waals surface area contributed by atoms with Crippen LogP contribution < -0.4 is 14.8 Å². The Hall–Kier alpha value is -3.02. The quantitative estimate of drug-likeness (QED) is 0.695. The molecule has 1 N–H and O–H groups in total. The van der Waals surface area contributed by atoms with Crippen LogP contribution in [0, 0.1) is 0 Å². The number of carbonyl (C=O) groups excluding carboxylic acids is 2. The monoisotopic (exact) mass is 385 g/mol. The Kier molecular flexibility index (Phi) is 7.44. The van der Waals surface area contributed by atoms with Crippen molar-refractivity contribution in [3.8, 4) is 11.5 Å². The Balaban J connectivity index is 2.19. The highest BCUT2D eigenvalue weighted by Gasteiger charge is 2.25. The zero-order valence-electron chi connectivity index (χ0n) is 17.0. The number of hydrogen-bond acceptors (Lipinski definition) is 5. The summed E-state index contributed by atoms with van der Waals surface area (Å²) < 4.78 is 15.8. The SMILES string of the molecule is CCc1cccc(CC)c1NC(=O)[C@@H](C)OC(=O)c1c(OC)cccc1OC. The second kappa shape index (κ2) is 9.78. The zero-order valence-corrected chi connectivity index (χ0v) is 17.0. The summed E-state index contributed by atoms with van der Waals surface area (Å²) in [5.74, 6) is -0.433. The first kappa shape index (κ1) is 21.3. The van der Waals surface area contributed by atoms with E-state index in [9.17, 15) is 9.59 Å². The van der Waals surface area contributed by atoms with Crippen molar-refractivity contribution in [2.45, 2.75) is 39.7 Å². The lowest BCUT2D eigenvalue weighted by atomic mass is 10.0. The molecule has 2 aromatic carbocycles. The van der Waals surface area contributed by atoms with Gasteiger partial charge in [-0.3, -0.25) is 4.79 Å². The van der Waals surface area contributed by atoms with Crippen molar-refractivity contribution in [1.29, 1.82) is 0 Å². The number of rotatable bonds is 8. The van der Waals surface area contributed by atoms with Gasteiger partial charge in [0.1, 0.15) is 17.1 Å². The van der Waals surface area contributed by atoms with Crippen LogP contribution in [-0.4, -0.2) is 32.2 Å². The Labute approximate surface area is 165 Å². The van der Waals surface area contributed by atoms with Crippen molar-refractivity contribution in [2.75, 3.05) is 19.5 Å². The molecular weight excluding hydrogens is 358 g/mol. The lowest BCUT2D eigenvalue weighted by Gasteiger charge is -2.19. The number of carbonyl (C=O) groups is 2. The zero-order chi connectivity index (χ0) is 20.7. The minimum Gasteiger partial charge on any atom is -0.496 e. The highest BCUT2D eigenvalue weighted by Crippen LogP contribution is 2.29. The van der Waals surface area contributed by atoms with Crippen molar-refractivity contribution in [2.24, 2.45) is 0 Å². The van der Waals surface area contributed by atoms with Gasteiger partial charge in [0.15, 0.2) is 6.10 Å². The Morgan fingerprint density at radius 1 is 0.929 bits per heavy atom. The molecule has 6 heteroatoms. The maximum absolute atomic E-state index is 12.7. The Morgan fingerprint density at radius 2 is 1.43 bits per heavy atom. The Morgan fingerprint density at radius 3 is 1.89 bits per heavy atom. The number of hydrogen-bond donors (Lipinski definition) is 1. The van der Waals surface area contributed by atoms with Gasteiger partial charge in [-0.15, -0.1) is 0 Å². The summed E-state index contributed by atoms with van der Waals surface area (Å²) in [4.78, 5) is 25.3. The molecule has 1 atom stereocenters. The lowest BCUT2D eigenvalue weighted by molar-refractivity contribution is -0.123. The number of anilines is 1. The Bertz CT molecular complexity index is 802. The normalized spacial score (nSPS) is 11.5. The fourth-order valence-corrected chi connectivity index (χ4v) is 2.95. The van der Waals surface area contributed by atoms with Crippen LogP contribution in [0.3, 0.4) is 0 Å². The lowest BCUT2D eigenvalue weighted by Crippen LogP contribution is -2.31. The minimum atomic E-state index is -0.989. The molecule has 0 saturated heterocycles. The molecule has 0 aromatic heterocycles. The molecule has 0 aliphatic carbocycles. The van der Waals surface area contributed by atoms with E-state index in [2.05, 4.69) is 5.32 Å². The number of nitrogens with one attached hydrogen (secondary N) is 1. The van der Waals surface area contributed by atoms with Crippen LogP contribution in [0.2, 0.25) is 0 Å². The van der Waals surface area contributed by atoms with E-state index in [0.29, 0.717) is 11.5 Å². The molecule has 1 amide bonds. The van der Waals surface area contributed by atoms with Gasteiger partial charge >= 0.3 is 5.97 Å². The van der Waals surface area contributed by atoms with Crippen LogP contribution in [0.4, 0.5) is 5.69 Å². The molecule has 6 nitrogen and oxygen atoms in total. The van der Waals surface area contributed by atoms with Crippen molar-refractivity contribution < 1.29 is 23.8 Å². The standard InChI is InChI=1S/C22H27NO5/c1-6-15-10-8-11-16(7-2)20(15)23-21(24)14(3)28-22(25)19-17(26-4)12-9-13-18(19)27-5/h8-14H,6-7H2,1-5H3,(H,23,24)/t14-/m1/s1. The van der Waals surface area contributed by atoms with Gasteiger partial charge in [0.2, 0.25) is 0 Å². The second-order valence-electron chi connectivity index (χ2n) is 6.23. The van der Waals surface area contributed by atoms with E-state index in [-0.39, 0.29) is 5.56 Å². The summed E-state index contributed by atoms with van der Waals surface area (Å²) in [6.07, 6.45) is 0.586. The van der Waals surface area contributed by atoms with Crippen molar-refractivity contribution in [3.63, 3.8) is 0 Å². The third kappa shape index (κ3) is 4.63. The molecule has 0 aliphatic rings. The molecule has 0 aliphatic heterocycles. The fraction of sp³-hybridized carbons (Fsp3) is 0.364. The molecule has 2 aromatic rings. The fourth-order valence-electron chi connectivity index (χ4n) is 2.95. The summed E-state index contributed by atoms with van der Waals surface area (Å²) in [6.45, 7) is 5.60. The van der Waals surface area contributed by atoms with E-state index in [1.54, 1.807) is 18.2 Å². The smallest absolute Gasteiger partial charge is 0.346 e. The summed E-state index contributed by atoms with van der Waals surface area (Å²) in [5, 5.41) is 2.92. The van der Waals surface area contributed by atoms with E-state index < -0.39 is 18.0 Å². The van der Waals surface area contributed by atoms with Gasteiger partial charge in [-0.05, 0) is 43.0 Å². The molecule has 0 unspecified atom stereocenters. The van der Waals surface area contributed by atoms with Crippen LogP contribution in [0.15, 0.2) is 36.4 Å². The largest absolute Gasteiger partial charge is 0.496 e. The van der Waals surface area contributed by atoms with Crippen LogP contribution in [-0.2, 0) is 22.4 Å². The van der Waals surface area contributed by atoms with Gasteiger partial charge in [-0.2, -0.15) is 0 Å². The highest BCUT2D eigenvalue weighted by atomic mass is 16.6. The van der Waals surface area contributed by atoms with E-state index in [1.807, 2.05) is 32.0 Å². The summed E-state index contributed by atoms with van der Waals surface area (Å²) >= 11 is 0. The number of ether oxygens (including phenoxy) is 3. The third-order valence-electron chi connectivity index (χ3n) is 4.53. The van der Waals surface area contributed by atoms with Gasteiger partial charge < -0.3 is 19.5 Å². The molecular formula is C22H27NO5. The van der Waals surface area contributed by atoms with Gasteiger partial charge in [-0.1, -0.05) is 38.1 Å². The van der Waals surface area contributed by atoms with Gasteiger partial charge in [-0.25, -0.2) is 4.79 Å². The molecule has 0 fully saturated rings. The maximum Gasteiger partial charge on any atom is 0.346 e. The molecule has 0 radical (unpaired) electrons. The van der Waals surface area contributed by atoms with Crippen LogP contribution in [0.25, 0.3) is 0 Å². The molecule has 0 spiro atoms. The highest BCUT2D eigenvalue weighted by molar-refractivity contribution is 6.00. The van der Waals surface area contributed by atoms with Crippen LogP contribution in [0.1, 0.15) is 42.3 Å². The predicted molar refractivity (Wildman–Crippen MR) is 108 cm³/mol. The van der Waals surface area contributed by atoms with Gasteiger partial charge in [0.25, 0.3) is 5.91 Å². The van der Waals surface area contributed by atoms with Gasteiger partial charge in [0, 0.05) is 5.69 Å². The first-order chi connectivity index (χ1) is 13.5. The summed E-state index contributed by atoms with van der Waals surface area (Å²) in [7, 11) is 2.91. The van der Waals surface area contributed by atoms with Gasteiger partial charge in [0.05, 0.1) is 14.2 Å². The number of aryl methyl sites for hydroxylation is 2. The molecule has 0 heterocycles. The van der Waals surface area contributed by atoms with E-state index in [1.165, 1.54) is 21.1 Å². The van der Waals surface area contributed by atoms with Crippen LogP contribution in [0.5, 0.6) is 11.5 Å². The van der Waals surface area contributed by atoms with Crippen LogP contribution >= 0.6 is 0 Å². The number of esters is 1. The second-order valence-corrected chi connectivity index (χ2v) is 6.23. The first-order valence-corrected chi connectivity index (χ1v) is 9.30. The maximum atomic E-state index is 12.7. The summed E-state index contributed by atoms with van der Waals surface area (Å²) in [6, 6.07) is 10.9. The number of methoxy groups -OCH3 is 2. The molecule has 28 heavy (non-hydrogen) atoms. The molecule has 150 valence electrons. The average molecular weight is 385 g/mol. The first-order valence-electron chi connectivity index (χ1n) is 9.30. The number of benzene rings is 2. The molecule has 2 rings (SSSR count).